The molecule has 3 heterocycles. The van der Waals surface area contributed by atoms with Gasteiger partial charge in [0.05, 0.1) is 36.2 Å². The van der Waals surface area contributed by atoms with Gasteiger partial charge in [0.1, 0.15) is 24.4 Å². The van der Waals surface area contributed by atoms with Crippen LogP contribution in [0.1, 0.15) is 25.8 Å². The first-order valence-corrected chi connectivity index (χ1v) is 17.9. The molecule has 3 aliphatic heterocycles. The first kappa shape index (κ1) is 37.9. The minimum atomic E-state index is -4.21. The number of hydrogen-bond donors (Lipinski definition) is 7. The van der Waals surface area contributed by atoms with E-state index in [0.717, 1.165) is 9.87 Å². The summed E-state index contributed by atoms with van der Waals surface area (Å²) in [5, 5.41) is 56.7. The molecule has 1 amide bonds. The molecule has 16 nitrogen and oxygen atoms in total. The number of carbonyl (C=O) groups is 2. The van der Waals surface area contributed by atoms with E-state index in [-0.39, 0.29) is 48.5 Å². The Hall–Kier alpha value is -3.39. The molecular formula is C33H45N3O13S. The highest BCUT2D eigenvalue weighted by atomic mass is 32.2. The maximum absolute atomic E-state index is 14.0. The molecule has 5 rings (SSSR count). The number of carbonyl (C=O) groups excluding carboxylic acids is 1. The molecule has 2 aromatic carbocycles. The van der Waals surface area contributed by atoms with Crippen molar-refractivity contribution in [3.8, 4) is 0 Å². The Bertz CT molecular complexity index is 1550. The number of rotatable bonds is 14. The van der Waals surface area contributed by atoms with E-state index in [4.69, 9.17) is 18.9 Å². The molecule has 0 spiro atoms. The average molecular weight is 724 g/mol. The van der Waals surface area contributed by atoms with Crippen LogP contribution in [-0.4, -0.2) is 132 Å². The first-order chi connectivity index (χ1) is 23.7. The molecule has 3 saturated heterocycles. The first-order valence-electron chi connectivity index (χ1n) is 16.5. The van der Waals surface area contributed by atoms with Crippen LogP contribution in [0.4, 0.5) is 10.5 Å². The average Bonchev–Trinajstić information content (AvgIpc) is 3.70. The molecule has 7 N–H and O–H groups in total. The molecule has 50 heavy (non-hydrogen) atoms. The number of hydrogen-bond acceptors (Lipinski definition) is 13. The molecule has 3 aliphatic rings. The summed E-state index contributed by atoms with van der Waals surface area (Å²) in [5.41, 5.74) is 1.03. The van der Waals surface area contributed by atoms with E-state index in [9.17, 15) is 43.5 Å². The van der Waals surface area contributed by atoms with Crippen molar-refractivity contribution in [2.24, 2.45) is 11.8 Å². The van der Waals surface area contributed by atoms with Crippen LogP contribution in [0.25, 0.3) is 0 Å². The number of amides is 1. The summed E-state index contributed by atoms with van der Waals surface area (Å²) in [6.45, 7) is 4.03. The number of carboxylic acids is 1. The van der Waals surface area contributed by atoms with Gasteiger partial charge < -0.3 is 55.1 Å². The number of alkyl carbamates (subject to hydrolysis) is 1. The van der Waals surface area contributed by atoms with Crippen LogP contribution in [0.5, 0.6) is 0 Å². The molecule has 0 aliphatic carbocycles. The van der Waals surface area contributed by atoms with Crippen LogP contribution in [0.3, 0.4) is 0 Å². The van der Waals surface area contributed by atoms with E-state index < -0.39 is 77.3 Å². The fourth-order valence-corrected chi connectivity index (χ4v) is 7.90. The zero-order valence-corrected chi connectivity index (χ0v) is 28.5. The Morgan fingerprint density at radius 3 is 2.34 bits per heavy atom. The number of anilines is 1. The van der Waals surface area contributed by atoms with Crippen LogP contribution >= 0.6 is 0 Å². The fourth-order valence-electron chi connectivity index (χ4n) is 6.27. The van der Waals surface area contributed by atoms with Crippen molar-refractivity contribution in [2.75, 3.05) is 31.6 Å². The number of aliphatic hydroxyl groups is 4. The van der Waals surface area contributed by atoms with Gasteiger partial charge >= 0.3 is 12.1 Å². The van der Waals surface area contributed by atoms with Gasteiger partial charge in [0.2, 0.25) is 10.0 Å². The lowest BCUT2D eigenvalue weighted by Gasteiger charge is -2.39. The van der Waals surface area contributed by atoms with Crippen molar-refractivity contribution < 1.29 is 62.5 Å². The monoisotopic (exact) mass is 723 g/mol. The van der Waals surface area contributed by atoms with Crippen molar-refractivity contribution >= 4 is 27.8 Å². The second kappa shape index (κ2) is 16.3. The van der Waals surface area contributed by atoms with Gasteiger partial charge in [0, 0.05) is 18.8 Å². The molecule has 0 bridgehead atoms. The lowest BCUT2D eigenvalue weighted by Crippen LogP contribution is -2.61. The number of aliphatic carboxylic acids is 1. The molecule has 10 atom stereocenters. The third-order valence-electron chi connectivity index (χ3n) is 8.93. The van der Waals surface area contributed by atoms with E-state index in [1.165, 1.54) is 24.3 Å². The van der Waals surface area contributed by atoms with Crippen molar-refractivity contribution in [1.82, 2.24) is 9.62 Å². The minimum Gasteiger partial charge on any atom is -0.479 e. The molecule has 0 saturated carbocycles. The smallest absolute Gasteiger partial charge is 0.407 e. The Labute approximate surface area is 290 Å². The lowest BCUT2D eigenvalue weighted by molar-refractivity contribution is -0.221. The number of nitrogens with one attached hydrogen (secondary N) is 2. The summed E-state index contributed by atoms with van der Waals surface area (Å²) in [6.07, 6.45) is -10.8. The quantitative estimate of drug-likeness (QED) is 0.137. The van der Waals surface area contributed by atoms with Crippen LogP contribution in [-0.2, 0) is 40.2 Å². The Morgan fingerprint density at radius 1 is 0.980 bits per heavy atom. The Balaban J connectivity index is 1.29. The summed E-state index contributed by atoms with van der Waals surface area (Å²) in [7, 11) is -4.21. The van der Waals surface area contributed by atoms with E-state index in [1.54, 1.807) is 0 Å². The third-order valence-corrected chi connectivity index (χ3v) is 10.8. The summed E-state index contributed by atoms with van der Waals surface area (Å²) in [4.78, 5) is 24.4. The van der Waals surface area contributed by atoms with Gasteiger partial charge in [0.25, 0.3) is 0 Å². The molecule has 0 unspecified atom stereocenters. The summed E-state index contributed by atoms with van der Waals surface area (Å²) < 4.78 is 51.0. The highest BCUT2D eigenvalue weighted by Crippen LogP contribution is 2.33. The normalized spacial score (nSPS) is 29.4. The van der Waals surface area contributed by atoms with Crippen LogP contribution in [0.2, 0.25) is 0 Å². The standard InChI is InChI=1S/C33H45N3O13S/c1-18(2)15-36(50(44,45)21-10-8-20(9-11-21)34-30-28(40)26(38)27(39)29(49-30)31(41)42)16-24(37)23(14-19-6-4-3-5-7-19)35-33(43)48-25-17-47-32-22(25)12-13-46-32/h3-11,18,22-30,32,34,37-40H,12-17H2,1-2H3,(H,35,43)(H,41,42)/t22-,23-,24+,25-,26+,27+,28+,29-,30+,32+/m0/s1. The predicted molar refractivity (Wildman–Crippen MR) is 175 cm³/mol. The molecule has 0 radical (unpaired) electrons. The van der Waals surface area contributed by atoms with Crippen molar-refractivity contribution in [2.45, 2.75) is 86.8 Å². The topological polar surface area (TPSA) is 234 Å². The van der Waals surface area contributed by atoms with E-state index in [0.29, 0.717) is 13.0 Å². The van der Waals surface area contributed by atoms with Crippen molar-refractivity contribution in [3.05, 3.63) is 60.2 Å². The maximum atomic E-state index is 14.0. The fraction of sp³-hybridized carbons (Fsp3) is 0.576. The molecule has 276 valence electrons. The summed E-state index contributed by atoms with van der Waals surface area (Å²) in [6, 6.07) is 13.5. The Kier molecular flexibility index (Phi) is 12.3. The number of aliphatic hydroxyl groups excluding tert-OH is 4. The highest BCUT2D eigenvalue weighted by Gasteiger charge is 2.47. The second-order valence-electron chi connectivity index (χ2n) is 13.1. The van der Waals surface area contributed by atoms with Gasteiger partial charge in [-0.15, -0.1) is 0 Å². The van der Waals surface area contributed by atoms with Crippen molar-refractivity contribution in [1.29, 1.82) is 0 Å². The number of sulfonamides is 1. The number of ether oxygens (including phenoxy) is 4. The number of benzene rings is 2. The van der Waals surface area contributed by atoms with Crippen LogP contribution < -0.4 is 10.6 Å². The van der Waals surface area contributed by atoms with Gasteiger partial charge in [-0.25, -0.2) is 18.0 Å². The van der Waals surface area contributed by atoms with E-state index in [2.05, 4.69) is 10.6 Å². The maximum Gasteiger partial charge on any atom is 0.407 e. The number of carboxylic acid groups (broad SMARTS) is 1. The van der Waals surface area contributed by atoms with E-state index >= 15 is 0 Å². The third kappa shape index (κ3) is 8.90. The SMILES string of the molecule is CC(C)CN(C[C@@H](O)[C@H](Cc1ccccc1)NC(=O)O[C@H]1CO[C@H]2OCC[C@H]21)S(=O)(=O)c1ccc(N[C@@H]2O[C@H](C(=O)O)[C@H](O)[C@@H](O)[C@H]2O)cc1. The molecule has 17 heteroatoms. The molecular weight excluding hydrogens is 678 g/mol. The lowest BCUT2D eigenvalue weighted by atomic mass is 9.98. The second-order valence-corrected chi connectivity index (χ2v) is 15.1. The summed E-state index contributed by atoms with van der Waals surface area (Å²) >= 11 is 0. The van der Waals surface area contributed by atoms with Gasteiger partial charge in [0.15, 0.2) is 18.6 Å². The number of fused-ring (bicyclic) bond motifs is 1. The van der Waals surface area contributed by atoms with Crippen molar-refractivity contribution in [3.63, 3.8) is 0 Å². The predicted octanol–water partition coefficient (Wildman–Crippen LogP) is 0.0972. The van der Waals surface area contributed by atoms with Crippen LogP contribution in [0.15, 0.2) is 59.5 Å². The zero-order chi connectivity index (χ0) is 36.2. The molecule has 0 aromatic heterocycles. The van der Waals surface area contributed by atoms with Gasteiger partial charge in [-0.2, -0.15) is 4.31 Å². The van der Waals surface area contributed by atoms with Gasteiger partial charge in [-0.3, -0.25) is 0 Å². The Morgan fingerprint density at radius 2 is 1.68 bits per heavy atom. The molecule has 2 aromatic rings. The number of nitrogens with zero attached hydrogens (tertiary/aromatic N) is 1. The van der Waals surface area contributed by atoms with Gasteiger partial charge in [-0.05, 0) is 48.6 Å². The van der Waals surface area contributed by atoms with E-state index in [1.807, 2.05) is 44.2 Å². The summed E-state index contributed by atoms with van der Waals surface area (Å²) in [5.74, 6) is -1.77. The highest BCUT2D eigenvalue weighted by molar-refractivity contribution is 7.89. The largest absolute Gasteiger partial charge is 0.479 e. The zero-order valence-electron chi connectivity index (χ0n) is 27.6. The van der Waals surface area contributed by atoms with Gasteiger partial charge in [-0.1, -0.05) is 44.2 Å². The van der Waals surface area contributed by atoms with Crippen LogP contribution in [0, 0.1) is 11.8 Å². The molecule has 3 fully saturated rings. The minimum absolute atomic E-state index is 0.0449.